The van der Waals surface area contributed by atoms with Crippen molar-refractivity contribution in [3.8, 4) is 0 Å². The molecular weight excluding hydrogens is 427 g/mol. The van der Waals surface area contributed by atoms with Crippen molar-refractivity contribution >= 4 is 40.7 Å². The molecule has 1 aromatic carbocycles. The van der Waals surface area contributed by atoms with Gasteiger partial charge in [0, 0.05) is 24.2 Å². The molecule has 1 fully saturated rings. The van der Waals surface area contributed by atoms with E-state index in [2.05, 4.69) is 34.7 Å². The molecule has 1 aromatic heterocycles. The number of aliphatic hydroxyl groups excluding tert-OH is 1. The van der Waals surface area contributed by atoms with Crippen LogP contribution in [0, 0.1) is 0 Å². The lowest BCUT2D eigenvalue weighted by molar-refractivity contribution is 0.120. The number of hydrogen-bond donors (Lipinski definition) is 3. The Balaban J connectivity index is 0.00000225. The lowest BCUT2D eigenvalue weighted by Gasteiger charge is -2.27. The maximum Gasteiger partial charge on any atom is 0.191 e. The van der Waals surface area contributed by atoms with Gasteiger partial charge in [0.25, 0.3) is 0 Å². The number of aliphatic imine (C=N–C) groups is 1. The number of hydrogen-bond acceptors (Lipinski definition) is 3. The van der Waals surface area contributed by atoms with Crippen molar-refractivity contribution in [2.45, 2.75) is 51.3 Å². The summed E-state index contributed by atoms with van der Waals surface area (Å²) >= 11 is 0. The van der Waals surface area contributed by atoms with Crippen LogP contribution < -0.4 is 10.6 Å². The normalized spacial score (nSPS) is 20.8. The number of halogens is 1. The Morgan fingerprint density at radius 2 is 1.96 bits per heavy atom. The molecule has 1 aliphatic carbocycles. The van der Waals surface area contributed by atoms with Crippen molar-refractivity contribution in [3.63, 3.8) is 0 Å². The van der Waals surface area contributed by atoms with Crippen LogP contribution in [0.3, 0.4) is 0 Å². The smallest absolute Gasteiger partial charge is 0.191 e. The van der Waals surface area contributed by atoms with Crippen molar-refractivity contribution in [2.24, 2.45) is 4.99 Å². The molecule has 0 atom stereocenters. The summed E-state index contributed by atoms with van der Waals surface area (Å²) in [4.78, 5) is 9.22. The number of benzene rings is 1. The molecule has 6 heteroatoms. The number of aliphatic hydroxyl groups is 1. The van der Waals surface area contributed by atoms with Crippen LogP contribution in [0.25, 0.3) is 10.8 Å². The van der Waals surface area contributed by atoms with E-state index in [-0.39, 0.29) is 30.1 Å². The molecule has 0 saturated heterocycles. The summed E-state index contributed by atoms with van der Waals surface area (Å²) < 4.78 is 0. The highest BCUT2D eigenvalue weighted by atomic mass is 127. The fraction of sp³-hybridized carbons (Fsp3) is 0.474. The zero-order chi connectivity index (χ0) is 16.8. The van der Waals surface area contributed by atoms with Crippen LogP contribution in [-0.4, -0.2) is 34.7 Å². The van der Waals surface area contributed by atoms with Crippen LogP contribution in [-0.2, 0) is 6.54 Å². The Labute approximate surface area is 166 Å². The van der Waals surface area contributed by atoms with Crippen LogP contribution in [0.15, 0.2) is 41.5 Å². The van der Waals surface area contributed by atoms with Crippen molar-refractivity contribution in [1.82, 2.24) is 15.6 Å². The van der Waals surface area contributed by atoms with Crippen LogP contribution in [0.1, 0.15) is 38.3 Å². The Morgan fingerprint density at radius 3 is 2.72 bits per heavy atom. The fourth-order valence-corrected chi connectivity index (χ4v) is 3.20. The summed E-state index contributed by atoms with van der Waals surface area (Å²) in [6.45, 7) is 3.44. The summed E-state index contributed by atoms with van der Waals surface area (Å²) in [6, 6.07) is 10.7. The van der Waals surface area contributed by atoms with E-state index >= 15 is 0 Å². The van der Waals surface area contributed by atoms with Gasteiger partial charge in [-0.15, -0.1) is 24.0 Å². The van der Waals surface area contributed by atoms with E-state index in [1.807, 2.05) is 24.4 Å². The zero-order valence-electron chi connectivity index (χ0n) is 14.6. The number of rotatable bonds is 4. The summed E-state index contributed by atoms with van der Waals surface area (Å²) in [6.07, 6.45) is 5.40. The van der Waals surface area contributed by atoms with Gasteiger partial charge < -0.3 is 15.7 Å². The van der Waals surface area contributed by atoms with Gasteiger partial charge in [-0.3, -0.25) is 4.98 Å². The van der Waals surface area contributed by atoms with E-state index in [4.69, 9.17) is 4.99 Å². The zero-order valence-corrected chi connectivity index (χ0v) is 16.9. The largest absolute Gasteiger partial charge is 0.393 e. The number of fused-ring (bicyclic) bond motifs is 1. The second-order valence-electron chi connectivity index (χ2n) is 6.32. The SMILES string of the molecule is CCNC(=NCc1nccc2ccccc12)NC1CCC(O)CC1.I. The average Bonchev–Trinajstić information content (AvgIpc) is 2.62. The van der Waals surface area contributed by atoms with Gasteiger partial charge in [-0.25, -0.2) is 4.99 Å². The molecule has 0 unspecified atom stereocenters. The van der Waals surface area contributed by atoms with Gasteiger partial charge in [0.1, 0.15) is 0 Å². The fourth-order valence-electron chi connectivity index (χ4n) is 3.20. The summed E-state index contributed by atoms with van der Waals surface area (Å²) in [5, 5.41) is 18.8. The molecule has 0 aliphatic heterocycles. The molecule has 5 nitrogen and oxygen atoms in total. The summed E-state index contributed by atoms with van der Waals surface area (Å²) in [5.41, 5.74) is 0.990. The van der Waals surface area contributed by atoms with Gasteiger partial charge >= 0.3 is 0 Å². The van der Waals surface area contributed by atoms with Crippen LogP contribution in [0.4, 0.5) is 0 Å². The van der Waals surface area contributed by atoms with E-state index < -0.39 is 0 Å². The number of nitrogens with one attached hydrogen (secondary N) is 2. The minimum atomic E-state index is -0.137. The molecule has 1 aliphatic rings. The van der Waals surface area contributed by atoms with Gasteiger partial charge in [0.15, 0.2) is 5.96 Å². The highest BCUT2D eigenvalue weighted by Crippen LogP contribution is 2.19. The van der Waals surface area contributed by atoms with E-state index in [9.17, 15) is 5.11 Å². The third kappa shape index (κ3) is 5.54. The first-order chi connectivity index (χ1) is 11.8. The molecule has 3 rings (SSSR count). The van der Waals surface area contributed by atoms with Gasteiger partial charge in [-0.2, -0.15) is 0 Å². The lowest BCUT2D eigenvalue weighted by Crippen LogP contribution is -2.45. The molecule has 0 amide bonds. The molecule has 0 bridgehead atoms. The molecule has 2 aromatic rings. The Bertz CT molecular complexity index is 693. The van der Waals surface area contributed by atoms with Gasteiger partial charge in [-0.1, -0.05) is 24.3 Å². The van der Waals surface area contributed by atoms with Crippen LogP contribution in [0.5, 0.6) is 0 Å². The van der Waals surface area contributed by atoms with Crippen molar-refractivity contribution in [3.05, 3.63) is 42.2 Å². The number of aromatic nitrogens is 1. The molecule has 136 valence electrons. The summed E-state index contributed by atoms with van der Waals surface area (Å²) in [7, 11) is 0. The molecule has 1 heterocycles. The standard InChI is InChI=1S/C19H26N4O.HI/c1-2-20-19(23-15-7-9-16(24)10-8-15)22-13-18-17-6-4-3-5-14(17)11-12-21-18;/h3-6,11-12,15-16,24H,2,7-10,13H2,1H3,(H2,20,22,23);1H. The first-order valence-electron chi connectivity index (χ1n) is 8.82. The molecular formula is C19H27IN4O. The van der Waals surface area contributed by atoms with Crippen molar-refractivity contribution < 1.29 is 5.11 Å². The summed E-state index contributed by atoms with van der Waals surface area (Å²) in [5.74, 6) is 0.827. The minimum absolute atomic E-state index is 0. The van der Waals surface area contributed by atoms with Crippen LogP contribution >= 0.6 is 24.0 Å². The van der Waals surface area contributed by atoms with Crippen molar-refractivity contribution in [2.75, 3.05) is 6.54 Å². The molecule has 0 radical (unpaired) electrons. The second kappa shape index (κ2) is 9.91. The number of pyridine rings is 1. The van der Waals surface area contributed by atoms with E-state index in [0.29, 0.717) is 12.6 Å². The van der Waals surface area contributed by atoms with Crippen LogP contribution in [0.2, 0.25) is 0 Å². The topological polar surface area (TPSA) is 69.5 Å². The van der Waals surface area contributed by atoms with Gasteiger partial charge in [-0.05, 0) is 44.1 Å². The average molecular weight is 454 g/mol. The molecule has 0 spiro atoms. The Morgan fingerprint density at radius 1 is 1.20 bits per heavy atom. The number of guanidine groups is 1. The first kappa shape index (κ1) is 19.9. The predicted octanol–water partition coefficient (Wildman–Crippen LogP) is 3.21. The van der Waals surface area contributed by atoms with E-state index in [0.717, 1.165) is 49.3 Å². The molecule has 3 N–H and O–H groups in total. The maximum absolute atomic E-state index is 9.64. The van der Waals surface area contributed by atoms with E-state index in [1.54, 1.807) is 0 Å². The molecule has 25 heavy (non-hydrogen) atoms. The minimum Gasteiger partial charge on any atom is -0.393 e. The predicted molar refractivity (Wildman–Crippen MR) is 113 cm³/mol. The van der Waals surface area contributed by atoms with Crippen molar-refractivity contribution in [1.29, 1.82) is 0 Å². The maximum atomic E-state index is 9.64. The quantitative estimate of drug-likeness (QED) is 0.377. The van der Waals surface area contributed by atoms with Gasteiger partial charge in [0.2, 0.25) is 0 Å². The second-order valence-corrected chi connectivity index (χ2v) is 6.32. The Hall–Kier alpha value is -1.41. The Kier molecular flexibility index (Phi) is 7.90. The third-order valence-electron chi connectivity index (χ3n) is 4.52. The van der Waals surface area contributed by atoms with E-state index in [1.165, 1.54) is 5.39 Å². The number of nitrogens with zero attached hydrogens (tertiary/aromatic N) is 2. The molecule has 1 saturated carbocycles. The highest BCUT2D eigenvalue weighted by molar-refractivity contribution is 14.0. The highest BCUT2D eigenvalue weighted by Gasteiger charge is 2.19. The van der Waals surface area contributed by atoms with Gasteiger partial charge in [0.05, 0.1) is 18.3 Å². The monoisotopic (exact) mass is 454 g/mol. The third-order valence-corrected chi connectivity index (χ3v) is 4.52. The first-order valence-corrected chi connectivity index (χ1v) is 8.82. The lowest BCUT2D eigenvalue weighted by atomic mass is 9.93.